The molecule has 2 atom stereocenters. The van der Waals surface area contributed by atoms with Gasteiger partial charge in [-0.3, -0.25) is 0 Å². The third-order valence-corrected chi connectivity index (χ3v) is 6.57. The first kappa shape index (κ1) is 21.8. The SMILES string of the molecule is COc1cc2cc(-c3c(C)nc(NCC4CC4)nc3N[C@H]3CC[C@@H](CO)C3)oc2c(OC)n1. The minimum absolute atomic E-state index is 0.222. The van der Waals surface area contributed by atoms with Crippen molar-refractivity contribution >= 4 is 22.7 Å². The second-order valence-corrected chi connectivity index (χ2v) is 9.09. The maximum Gasteiger partial charge on any atom is 0.261 e. The average Bonchev–Trinajstić information content (AvgIpc) is 3.38. The molecule has 0 bridgehead atoms. The zero-order valence-electron chi connectivity index (χ0n) is 19.4. The number of nitrogens with zero attached hydrogens (tertiary/aromatic N) is 3. The molecule has 2 saturated carbocycles. The van der Waals surface area contributed by atoms with Crippen LogP contribution in [0.25, 0.3) is 22.3 Å². The van der Waals surface area contributed by atoms with Crippen molar-refractivity contribution in [1.82, 2.24) is 15.0 Å². The van der Waals surface area contributed by atoms with Gasteiger partial charge in [-0.05, 0) is 56.9 Å². The van der Waals surface area contributed by atoms with Crippen LogP contribution in [0.1, 0.15) is 37.8 Å². The standard InChI is InChI=1S/C24H31N5O4/c1-13-20(18-9-16-10-19(31-2)28-23(32-3)21(16)33-18)22(27-17-7-6-15(8-17)12-30)29-24(26-13)25-11-14-4-5-14/h9-10,14-15,17,30H,4-8,11-12H2,1-3H3,(H2,25,26,27,29)/t15-,17+/m1/s1. The highest BCUT2D eigenvalue weighted by Gasteiger charge is 2.28. The largest absolute Gasteiger partial charge is 0.481 e. The number of hydrogen-bond acceptors (Lipinski definition) is 9. The molecule has 0 aliphatic heterocycles. The minimum atomic E-state index is 0.222. The van der Waals surface area contributed by atoms with Crippen LogP contribution in [0.4, 0.5) is 11.8 Å². The summed E-state index contributed by atoms with van der Waals surface area (Å²) in [4.78, 5) is 13.9. The number of aryl methyl sites for hydroxylation is 1. The van der Waals surface area contributed by atoms with Gasteiger partial charge in [0.25, 0.3) is 5.88 Å². The Morgan fingerprint density at radius 3 is 2.58 bits per heavy atom. The zero-order chi connectivity index (χ0) is 22.9. The lowest BCUT2D eigenvalue weighted by molar-refractivity contribution is 0.229. The number of furan rings is 1. The van der Waals surface area contributed by atoms with Crippen LogP contribution in [0.15, 0.2) is 16.5 Å². The molecular formula is C24H31N5O4. The van der Waals surface area contributed by atoms with Crippen LogP contribution in [0.3, 0.4) is 0 Å². The third-order valence-electron chi connectivity index (χ3n) is 6.57. The van der Waals surface area contributed by atoms with Gasteiger partial charge in [0.1, 0.15) is 11.6 Å². The van der Waals surface area contributed by atoms with Gasteiger partial charge in [0, 0.05) is 30.6 Å². The normalized spacial score (nSPS) is 20.2. The second-order valence-electron chi connectivity index (χ2n) is 9.09. The van der Waals surface area contributed by atoms with E-state index in [2.05, 4.69) is 15.6 Å². The number of aromatic nitrogens is 3. The monoisotopic (exact) mass is 453 g/mol. The first-order chi connectivity index (χ1) is 16.1. The molecule has 0 unspecified atom stereocenters. The molecular weight excluding hydrogens is 422 g/mol. The molecule has 176 valence electrons. The van der Waals surface area contributed by atoms with E-state index in [1.165, 1.54) is 12.8 Å². The number of methoxy groups -OCH3 is 2. The molecule has 3 aromatic rings. The first-order valence-electron chi connectivity index (χ1n) is 11.6. The molecule has 0 aromatic carbocycles. The summed E-state index contributed by atoms with van der Waals surface area (Å²) in [5, 5.41) is 17.4. The number of rotatable bonds is 9. The van der Waals surface area contributed by atoms with Gasteiger partial charge in [0.15, 0.2) is 5.58 Å². The van der Waals surface area contributed by atoms with Crippen LogP contribution in [0.5, 0.6) is 11.8 Å². The fraction of sp³-hybridized carbons (Fsp3) is 0.542. The maximum absolute atomic E-state index is 9.56. The number of pyridine rings is 1. The lowest BCUT2D eigenvalue weighted by atomic mass is 10.1. The van der Waals surface area contributed by atoms with E-state index in [-0.39, 0.29) is 12.6 Å². The number of fused-ring (bicyclic) bond motifs is 1. The van der Waals surface area contributed by atoms with E-state index in [1.807, 2.05) is 19.1 Å². The van der Waals surface area contributed by atoms with Gasteiger partial charge in [0.2, 0.25) is 11.8 Å². The zero-order valence-corrected chi connectivity index (χ0v) is 19.4. The molecule has 3 aromatic heterocycles. The number of nitrogens with one attached hydrogen (secondary N) is 2. The van der Waals surface area contributed by atoms with Crippen LogP contribution >= 0.6 is 0 Å². The molecule has 33 heavy (non-hydrogen) atoms. The van der Waals surface area contributed by atoms with E-state index in [0.717, 1.165) is 54.2 Å². The van der Waals surface area contributed by atoms with Crippen LogP contribution < -0.4 is 20.1 Å². The second kappa shape index (κ2) is 9.05. The molecule has 2 aliphatic carbocycles. The van der Waals surface area contributed by atoms with E-state index in [0.29, 0.717) is 35.0 Å². The lowest BCUT2D eigenvalue weighted by Crippen LogP contribution is -2.19. The molecule has 5 rings (SSSR count). The molecule has 0 radical (unpaired) electrons. The molecule has 0 spiro atoms. The Morgan fingerprint density at radius 1 is 1.06 bits per heavy atom. The van der Waals surface area contributed by atoms with E-state index in [1.54, 1.807) is 14.2 Å². The molecule has 3 N–H and O–H groups in total. The molecule has 9 nitrogen and oxygen atoms in total. The van der Waals surface area contributed by atoms with Gasteiger partial charge in [-0.15, -0.1) is 0 Å². The maximum atomic E-state index is 9.56. The molecule has 0 amide bonds. The summed E-state index contributed by atoms with van der Waals surface area (Å²) >= 11 is 0. The van der Waals surface area contributed by atoms with E-state index in [4.69, 9.17) is 23.9 Å². The summed E-state index contributed by atoms with van der Waals surface area (Å²) in [6, 6.07) is 4.01. The van der Waals surface area contributed by atoms with E-state index >= 15 is 0 Å². The van der Waals surface area contributed by atoms with Gasteiger partial charge in [-0.1, -0.05) is 0 Å². The molecule has 2 aliphatic rings. The van der Waals surface area contributed by atoms with Crippen LogP contribution in [0.2, 0.25) is 0 Å². The van der Waals surface area contributed by atoms with Crippen LogP contribution in [0, 0.1) is 18.8 Å². The predicted octanol–water partition coefficient (Wildman–Crippen LogP) is 4.01. The fourth-order valence-corrected chi connectivity index (χ4v) is 4.54. The molecule has 3 heterocycles. The summed E-state index contributed by atoms with van der Waals surface area (Å²) in [7, 11) is 3.13. The lowest BCUT2D eigenvalue weighted by Gasteiger charge is -2.18. The Kier molecular flexibility index (Phi) is 5.97. The fourth-order valence-electron chi connectivity index (χ4n) is 4.54. The van der Waals surface area contributed by atoms with Crippen molar-refractivity contribution in [3.63, 3.8) is 0 Å². The Balaban J connectivity index is 1.54. The van der Waals surface area contributed by atoms with Crippen molar-refractivity contribution in [2.75, 3.05) is 38.0 Å². The summed E-state index contributed by atoms with van der Waals surface area (Å²) in [5.74, 6) is 3.88. The first-order valence-corrected chi connectivity index (χ1v) is 11.6. The highest BCUT2D eigenvalue weighted by atomic mass is 16.5. The Labute approximate surface area is 192 Å². The highest BCUT2D eigenvalue weighted by molar-refractivity contribution is 5.89. The Hall–Kier alpha value is -3.07. The van der Waals surface area contributed by atoms with Gasteiger partial charge in [0.05, 0.1) is 25.5 Å². The number of anilines is 2. The predicted molar refractivity (Wildman–Crippen MR) is 126 cm³/mol. The number of hydrogen-bond donors (Lipinski definition) is 3. The highest BCUT2D eigenvalue weighted by Crippen LogP contribution is 2.39. The van der Waals surface area contributed by atoms with E-state index in [9.17, 15) is 5.11 Å². The van der Waals surface area contributed by atoms with Crippen molar-refractivity contribution in [2.45, 2.75) is 45.1 Å². The van der Waals surface area contributed by atoms with Gasteiger partial charge in [-0.2, -0.15) is 9.97 Å². The number of ether oxygens (including phenoxy) is 2. The van der Waals surface area contributed by atoms with Gasteiger partial charge >= 0.3 is 0 Å². The van der Waals surface area contributed by atoms with Crippen LogP contribution in [-0.4, -0.2) is 53.5 Å². The number of aliphatic hydroxyl groups excluding tert-OH is 1. The van der Waals surface area contributed by atoms with Crippen molar-refractivity contribution < 1.29 is 19.0 Å². The quantitative estimate of drug-likeness (QED) is 0.442. The van der Waals surface area contributed by atoms with Gasteiger partial charge < -0.3 is 29.6 Å². The summed E-state index contributed by atoms with van der Waals surface area (Å²) in [6.07, 6.45) is 5.44. The summed E-state index contributed by atoms with van der Waals surface area (Å²) in [5.41, 5.74) is 2.19. The van der Waals surface area contributed by atoms with Gasteiger partial charge in [-0.25, -0.2) is 4.98 Å². The van der Waals surface area contributed by atoms with Crippen LogP contribution in [-0.2, 0) is 0 Å². The van der Waals surface area contributed by atoms with Crippen molar-refractivity contribution in [2.24, 2.45) is 11.8 Å². The topological polar surface area (TPSA) is 115 Å². The average molecular weight is 454 g/mol. The van der Waals surface area contributed by atoms with Crippen molar-refractivity contribution in [3.05, 3.63) is 17.8 Å². The molecule has 9 heteroatoms. The van der Waals surface area contributed by atoms with Crippen molar-refractivity contribution in [3.8, 4) is 23.1 Å². The molecule has 0 saturated heterocycles. The smallest absolute Gasteiger partial charge is 0.261 e. The Bertz CT molecular complexity index is 1140. The number of aliphatic hydroxyl groups is 1. The van der Waals surface area contributed by atoms with Crippen molar-refractivity contribution in [1.29, 1.82) is 0 Å². The minimum Gasteiger partial charge on any atom is -0.481 e. The molecule has 2 fully saturated rings. The summed E-state index contributed by atoms with van der Waals surface area (Å²) in [6.45, 7) is 3.08. The summed E-state index contributed by atoms with van der Waals surface area (Å²) < 4.78 is 17.0. The third kappa shape index (κ3) is 4.55. The van der Waals surface area contributed by atoms with E-state index < -0.39 is 0 Å². The Morgan fingerprint density at radius 2 is 1.88 bits per heavy atom.